The maximum atomic E-state index is 12.0. The van der Waals surface area contributed by atoms with Crippen molar-refractivity contribution in [2.24, 2.45) is 0 Å². The Morgan fingerprint density at radius 3 is 2.89 bits per heavy atom. The SMILES string of the molecule is CN(CC(=O)N1CCNCC1)Cc1occc1Br. The van der Waals surface area contributed by atoms with Gasteiger partial charge in [-0.3, -0.25) is 9.69 Å². The topological polar surface area (TPSA) is 48.7 Å². The van der Waals surface area contributed by atoms with Crippen LogP contribution in [0.4, 0.5) is 0 Å². The fourth-order valence-corrected chi connectivity index (χ4v) is 2.31. The van der Waals surface area contributed by atoms with Crippen molar-refractivity contribution in [3.63, 3.8) is 0 Å². The number of hydrogen-bond donors (Lipinski definition) is 1. The van der Waals surface area contributed by atoms with Crippen molar-refractivity contribution >= 4 is 21.8 Å². The number of nitrogens with zero attached hydrogens (tertiary/aromatic N) is 2. The van der Waals surface area contributed by atoms with Crippen LogP contribution in [0.5, 0.6) is 0 Å². The first kappa shape index (κ1) is 13.6. The first-order chi connectivity index (χ1) is 8.66. The quantitative estimate of drug-likeness (QED) is 0.897. The molecule has 1 aromatic rings. The Hall–Kier alpha value is -0.850. The molecule has 6 heteroatoms. The summed E-state index contributed by atoms with van der Waals surface area (Å²) in [6.45, 7) is 4.44. The Kier molecular flexibility index (Phi) is 4.79. The number of nitrogens with one attached hydrogen (secondary N) is 1. The van der Waals surface area contributed by atoms with Crippen LogP contribution >= 0.6 is 15.9 Å². The van der Waals surface area contributed by atoms with E-state index in [1.54, 1.807) is 6.26 Å². The van der Waals surface area contributed by atoms with Gasteiger partial charge in [-0.15, -0.1) is 0 Å². The molecule has 0 aliphatic carbocycles. The van der Waals surface area contributed by atoms with Crippen LogP contribution in [0.1, 0.15) is 5.76 Å². The molecule has 2 rings (SSSR count). The zero-order chi connectivity index (χ0) is 13.0. The summed E-state index contributed by atoms with van der Waals surface area (Å²) in [6, 6.07) is 1.86. The second-order valence-electron chi connectivity index (χ2n) is 4.49. The van der Waals surface area contributed by atoms with Crippen molar-refractivity contribution in [2.45, 2.75) is 6.54 Å². The van der Waals surface area contributed by atoms with Gasteiger partial charge >= 0.3 is 0 Å². The molecule has 0 saturated carbocycles. The first-order valence-electron chi connectivity index (χ1n) is 6.05. The Labute approximate surface area is 115 Å². The second-order valence-corrected chi connectivity index (χ2v) is 5.35. The van der Waals surface area contributed by atoms with Crippen molar-refractivity contribution in [1.82, 2.24) is 15.1 Å². The molecule has 0 atom stereocenters. The maximum Gasteiger partial charge on any atom is 0.236 e. The van der Waals surface area contributed by atoms with Gasteiger partial charge in [-0.05, 0) is 29.0 Å². The summed E-state index contributed by atoms with van der Waals surface area (Å²) in [6.07, 6.45) is 1.64. The van der Waals surface area contributed by atoms with Gasteiger partial charge < -0.3 is 14.6 Å². The van der Waals surface area contributed by atoms with E-state index < -0.39 is 0 Å². The summed E-state index contributed by atoms with van der Waals surface area (Å²) >= 11 is 3.41. The zero-order valence-corrected chi connectivity index (χ0v) is 12.1. The summed E-state index contributed by atoms with van der Waals surface area (Å²) in [4.78, 5) is 15.9. The number of furan rings is 1. The van der Waals surface area contributed by atoms with Gasteiger partial charge in [0.15, 0.2) is 0 Å². The van der Waals surface area contributed by atoms with Crippen molar-refractivity contribution < 1.29 is 9.21 Å². The number of amides is 1. The van der Waals surface area contributed by atoms with Gasteiger partial charge in [0.1, 0.15) is 5.76 Å². The minimum Gasteiger partial charge on any atom is -0.467 e. The van der Waals surface area contributed by atoms with Gasteiger partial charge in [0.05, 0.1) is 23.8 Å². The van der Waals surface area contributed by atoms with Gasteiger partial charge in [-0.25, -0.2) is 0 Å². The van der Waals surface area contributed by atoms with E-state index in [0.717, 1.165) is 36.4 Å². The lowest BCUT2D eigenvalue weighted by Gasteiger charge is -2.29. The molecule has 0 radical (unpaired) electrons. The van der Waals surface area contributed by atoms with Crippen LogP contribution in [0.2, 0.25) is 0 Å². The lowest BCUT2D eigenvalue weighted by molar-refractivity contribution is -0.132. The summed E-state index contributed by atoms with van der Waals surface area (Å²) < 4.78 is 6.29. The Balaban J connectivity index is 1.81. The van der Waals surface area contributed by atoms with Crippen LogP contribution < -0.4 is 5.32 Å². The number of halogens is 1. The molecular formula is C12H18BrN3O2. The average Bonchev–Trinajstić information content (AvgIpc) is 2.76. The highest BCUT2D eigenvalue weighted by Gasteiger charge is 2.18. The smallest absolute Gasteiger partial charge is 0.236 e. The monoisotopic (exact) mass is 315 g/mol. The van der Waals surface area contributed by atoms with Crippen LogP contribution in [-0.4, -0.2) is 55.5 Å². The van der Waals surface area contributed by atoms with E-state index in [2.05, 4.69) is 21.2 Å². The molecule has 1 aliphatic heterocycles. The summed E-state index contributed by atoms with van der Waals surface area (Å²) in [7, 11) is 1.93. The first-order valence-corrected chi connectivity index (χ1v) is 6.85. The number of piperazine rings is 1. The van der Waals surface area contributed by atoms with Crippen LogP contribution in [0.3, 0.4) is 0 Å². The van der Waals surface area contributed by atoms with E-state index >= 15 is 0 Å². The number of likely N-dealkylation sites (N-methyl/N-ethyl adjacent to an activating group) is 1. The summed E-state index contributed by atoms with van der Waals surface area (Å²) in [5.74, 6) is 1.03. The second kappa shape index (κ2) is 6.36. The number of hydrogen-bond acceptors (Lipinski definition) is 4. The zero-order valence-electron chi connectivity index (χ0n) is 10.5. The lowest BCUT2D eigenvalue weighted by Crippen LogP contribution is -2.49. The van der Waals surface area contributed by atoms with E-state index in [9.17, 15) is 4.79 Å². The molecular weight excluding hydrogens is 298 g/mol. The molecule has 0 unspecified atom stereocenters. The number of rotatable bonds is 4. The fourth-order valence-electron chi connectivity index (χ4n) is 1.98. The van der Waals surface area contributed by atoms with Crippen molar-refractivity contribution in [3.8, 4) is 0 Å². The highest BCUT2D eigenvalue weighted by Crippen LogP contribution is 2.18. The van der Waals surface area contributed by atoms with Crippen molar-refractivity contribution in [3.05, 3.63) is 22.6 Å². The molecule has 1 aliphatic rings. The molecule has 18 heavy (non-hydrogen) atoms. The maximum absolute atomic E-state index is 12.0. The van der Waals surface area contributed by atoms with E-state index in [1.165, 1.54) is 0 Å². The van der Waals surface area contributed by atoms with Crippen LogP contribution in [0.15, 0.2) is 21.2 Å². The molecule has 1 saturated heterocycles. The van der Waals surface area contributed by atoms with E-state index in [-0.39, 0.29) is 5.91 Å². The van der Waals surface area contributed by atoms with Crippen molar-refractivity contribution in [1.29, 1.82) is 0 Å². The molecule has 1 N–H and O–H groups in total. The minimum absolute atomic E-state index is 0.182. The molecule has 1 aromatic heterocycles. The van der Waals surface area contributed by atoms with E-state index in [0.29, 0.717) is 13.1 Å². The molecule has 100 valence electrons. The minimum atomic E-state index is 0.182. The largest absolute Gasteiger partial charge is 0.467 e. The van der Waals surface area contributed by atoms with Gasteiger partial charge in [0.2, 0.25) is 5.91 Å². The van der Waals surface area contributed by atoms with Crippen molar-refractivity contribution in [2.75, 3.05) is 39.8 Å². The third-order valence-electron chi connectivity index (χ3n) is 2.98. The average molecular weight is 316 g/mol. The lowest BCUT2D eigenvalue weighted by atomic mass is 10.3. The third-order valence-corrected chi connectivity index (χ3v) is 3.69. The highest BCUT2D eigenvalue weighted by molar-refractivity contribution is 9.10. The molecule has 2 heterocycles. The van der Waals surface area contributed by atoms with Gasteiger partial charge in [-0.1, -0.05) is 0 Å². The molecule has 0 aromatic carbocycles. The van der Waals surface area contributed by atoms with Crippen LogP contribution in [0.25, 0.3) is 0 Å². The third kappa shape index (κ3) is 3.57. The van der Waals surface area contributed by atoms with E-state index in [4.69, 9.17) is 4.42 Å². The van der Waals surface area contributed by atoms with Crippen LogP contribution in [0, 0.1) is 0 Å². The molecule has 0 bridgehead atoms. The van der Waals surface area contributed by atoms with Crippen LogP contribution in [-0.2, 0) is 11.3 Å². The highest BCUT2D eigenvalue weighted by atomic mass is 79.9. The normalized spacial score (nSPS) is 16.3. The van der Waals surface area contributed by atoms with E-state index in [1.807, 2.05) is 22.9 Å². The molecule has 5 nitrogen and oxygen atoms in total. The standard InChI is InChI=1S/C12H18BrN3O2/c1-15(8-11-10(13)2-7-18-11)9-12(17)16-5-3-14-4-6-16/h2,7,14H,3-6,8-9H2,1H3. The Morgan fingerprint density at radius 2 is 2.28 bits per heavy atom. The molecule has 1 amide bonds. The number of carbonyl (C=O) groups is 1. The predicted octanol–water partition coefficient (Wildman–Crippen LogP) is 0.906. The van der Waals surface area contributed by atoms with Gasteiger partial charge in [-0.2, -0.15) is 0 Å². The molecule has 1 fully saturated rings. The molecule has 0 spiro atoms. The predicted molar refractivity (Wildman–Crippen MR) is 72.2 cm³/mol. The van der Waals surface area contributed by atoms with Gasteiger partial charge in [0, 0.05) is 26.2 Å². The Morgan fingerprint density at radius 1 is 1.56 bits per heavy atom. The fraction of sp³-hybridized carbons (Fsp3) is 0.583. The number of carbonyl (C=O) groups excluding carboxylic acids is 1. The Bertz CT molecular complexity index is 402. The summed E-state index contributed by atoms with van der Waals surface area (Å²) in [5.41, 5.74) is 0. The summed E-state index contributed by atoms with van der Waals surface area (Å²) in [5, 5.41) is 3.24. The van der Waals surface area contributed by atoms with Gasteiger partial charge in [0.25, 0.3) is 0 Å².